The molecule has 1 aromatic heterocycles. The molecule has 1 N–H and O–H groups in total. The molecule has 0 unspecified atom stereocenters. The Bertz CT molecular complexity index is 771. The van der Waals surface area contributed by atoms with E-state index in [0.717, 1.165) is 25.3 Å². The van der Waals surface area contributed by atoms with Crippen molar-refractivity contribution in [3.63, 3.8) is 0 Å². The van der Waals surface area contributed by atoms with Gasteiger partial charge in [-0.2, -0.15) is 0 Å². The maximum Gasteiger partial charge on any atom is 0.0956 e. The van der Waals surface area contributed by atoms with Crippen LogP contribution in [0, 0.1) is 5.92 Å². The number of aromatic nitrogens is 2. The summed E-state index contributed by atoms with van der Waals surface area (Å²) in [5.74, 6) is 0.435. The number of benzene rings is 1. The number of nitrogens with zero attached hydrogens (tertiary/aromatic N) is 3. The van der Waals surface area contributed by atoms with Gasteiger partial charge in [-0.1, -0.05) is 43.5 Å². The van der Waals surface area contributed by atoms with Gasteiger partial charge >= 0.3 is 0 Å². The molecule has 144 valence electrons. The molecule has 3 heterocycles. The topological polar surface area (TPSA) is 41.3 Å². The maximum absolute atomic E-state index is 11.1. The summed E-state index contributed by atoms with van der Waals surface area (Å²) in [6, 6.07) is 9.64. The molecule has 0 amide bonds. The Morgan fingerprint density at radius 2 is 1.81 bits per heavy atom. The van der Waals surface area contributed by atoms with Crippen LogP contribution in [0.4, 0.5) is 0 Å². The van der Waals surface area contributed by atoms with Crippen LogP contribution in [0.15, 0.2) is 36.8 Å². The van der Waals surface area contributed by atoms with Gasteiger partial charge < -0.3 is 14.6 Å². The van der Waals surface area contributed by atoms with Crippen molar-refractivity contribution in [2.45, 2.75) is 69.6 Å². The average Bonchev–Trinajstić information content (AvgIpc) is 3.32. The number of aliphatic hydroxyl groups is 1. The van der Waals surface area contributed by atoms with Crippen molar-refractivity contribution in [2.24, 2.45) is 5.92 Å². The minimum Gasteiger partial charge on any atom is -0.393 e. The number of piperidine rings is 1. The first-order valence-electron chi connectivity index (χ1n) is 10.8. The van der Waals surface area contributed by atoms with Crippen molar-refractivity contribution >= 4 is 0 Å². The molecule has 0 radical (unpaired) electrons. The van der Waals surface area contributed by atoms with Gasteiger partial charge in [0, 0.05) is 11.6 Å². The van der Waals surface area contributed by atoms with Crippen LogP contribution in [0.1, 0.15) is 63.0 Å². The molecule has 1 aliphatic carbocycles. The van der Waals surface area contributed by atoms with Crippen molar-refractivity contribution in [3.8, 4) is 11.3 Å². The van der Waals surface area contributed by atoms with Crippen molar-refractivity contribution in [1.29, 1.82) is 0 Å². The van der Waals surface area contributed by atoms with E-state index in [4.69, 9.17) is 0 Å². The fourth-order valence-electron chi connectivity index (χ4n) is 5.71. The lowest BCUT2D eigenvalue weighted by molar-refractivity contribution is 0.0297. The molecule has 0 spiro atoms. The molecule has 2 fully saturated rings. The molecule has 0 bridgehead atoms. The van der Waals surface area contributed by atoms with Crippen LogP contribution in [0.3, 0.4) is 0 Å². The molecule has 4 nitrogen and oxygen atoms in total. The fourth-order valence-corrected chi connectivity index (χ4v) is 5.71. The quantitative estimate of drug-likeness (QED) is 0.881. The monoisotopic (exact) mass is 365 g/mol. The van der Waals surface area contributed by atoms with Gasteiger partial charge in [0.25, 0.3) is 0 Å². The minimum atomic E-state index is -0.232. The lowest BCUT2D eigenvalue weighted by Gasteiger charge is -2.40. The lowest BCUT2D eigenvalue weighted by atomic mass is 9.85. The molecule has 1 aromatic carbocycles. The van der Waals surface area contributed by atoms with Gasteiger partial charge in [-0.25, -0.2) is 4.98 Å². The summed E-state index contributed by atoms with van der Waals surface area (Å²) >= 11 is 0. The fraction of sp³-hybridized carbons (Fsp3) is 0.609. The van der Waals surface area contributed by atoms with Crippen LogP contribution in [-0.2, 0) is 0 Å². The molecule has 27 heavy (non-hydrogen) atoms. The molecule has 2 atom stereocenters. The van der Waals surface area contributed by atoms with Gasteiger partial charge in [-0.05, 0) is 56.7 Å². The second-order valence-corrected chi connectivity index (χ2v) is 8.76. The highest BCUT2D eigenvalue weighted by atomic mass is 16.3. The van der Waals surface area contributed by atoms with Crippen molar-refractivity contribution in [1.82, 2.24) is 14.5 Å². The molecule has 4 heteroatoms. The molecule has 5 rings (SSSR count). The number of fused-ring (bicyclic) bond motifs is 3. The van der Waals surface area contributed by atoms with Gasteiger partial charge in [0.05, 0.1) is 30.4 Å². The van der Waals surface area contributed by atoms with Crippen LogP contribution >= 0.6 is 0 Å². The van der Waals surface area contributed by atoms with Crippen molar-refractivity contribution in [3.05, 3.63) is 42.4 Å². The van der Waals surface area contributed by atoms with Crippen LogP contribution in [0.2, 0.25) is 0 Å². The van der Waals surface area contributed by atoms with E-state index in [1.54, 1.807) is 0 Å². The standard InChI is InChI=1S/C23H31N3O/c27-23(17-10-12-25(13-11-17)18-6-2-1-3-7-18)14-21-19-8-4-5-9-20(19)22-15-24-16-26(21)22/h4-5,8-9,15-18,21,23,27H,1-3,6-7,10-14H2/t21-,23+/m0/s1. The molecule has 1 saturated heterocycles. The zero-order valence-corrected chi connectivity index (χ0v) is 16.1. The predicted molar refractivity (Wildman–Crippen MR) is 108 cm³/mol. The van der Waals surface area contributed by atoms with E-state index in [1.807, 2.05) is 12.5 Å². The van der Waals surface area contributed by atoms with Crippen LogP contribution < -0.4 is 0 Å². The molecule has 2 aromatic rings. The second kappa shape index (κ2) is 7.40. The smallest absolute Gasteiger partial charge is 0.0956 e. The first kappa shape index (κ1) is 17.4. The Morgan fingerprint density at radius 3 is 2.63 bits per heavy atom. The summed E-state index contributed by atoms with van der Waals surface area (Å²) < 4.78 is 2.26. The lowest BCUT2D eigenvalue weighted by Crippen LogP contribution is -2.44. The first-order chi connectivity index (χ1) is 13.3. The van der Waals surface area contributed by atoms with Crippen molar-refractivity contribution < 1.29 is 5.11 Å². The summed E-state index contributed by atoms with van der Waals surface area (Å²) in [6.45, 7) is 2.34. The zero-order chi connectivity index (χ0) is 18.2. The Labute approximate surface area is 162 Å². The number of hydrogen-bond donors (Lipinski definition) is 1. The van der Waals surface area contributed by atoms with Crippen LogP contribution in [-0.4, -0.2) is 44.8 Å². The Hall–Kier alpha value is -1.65. The Balaban J connectivity index is 1.23. The number of rotatable bonds is 4. The van der Waals surface area contributed by atoms with Crippen molar-refractivity contribution in [2.75, 3.05) is 13.1 Å². The number of aliphatic hydroxyl groups excluding tert-OH is 1. The summed E-state index contributed by atoms with van der Waals surface area (Å²) in [5, 5.41) is 11.1. The van der Waals surface area contributed by atoms with Gasteiger partial charge in [0.15, 0.2) is 0 Å². The molecular formula is C23H31N3O. The summed E-state index contributed by atoms with van der Waals surface area (Å²) in [5.41, 5.74) is 3.81. The summed E-state index contributed by atoms with van der Waals surface area (Å²) in [6.07, 6.45) is 13.7. The van der Waals surface area contributed by atoms with E-state index in [2.05, 4.69) is 38.7 Å². The number of hydrogen-bond acceptors (Lipinski definition) is 3. The second-order valence-electron chi connectivity index (χ2n) is 8.76. The van der Waals surface area contributed by atoms with Crippen LogP contribution in [0.25, 0.3) is 11.3 Å². The third-order valence-corrected chi connectivity index (χ3v) is 7.27. The third kappa shape index (κ3) is 3.23. The highest BCUT2D eigenvalue weighted by Gasteiger charge is 2.34. The normalized spacial score (nSPS) is 25.3. The van der Waals surface area contributed by atoms with E-state index in [1.165, 1.54) is 62.0 Å². The molecule has 2 aliphatic heterocycles. The largest absolute Gasteiger partial charge is 0.393 e. The van der Waals surface area contributed by atoms with Gasteiger partial charge in [0.1, 0.15) is 0 Å². The SMILES string of the molecule is O[C@H](C[C@H]1c2ccccc2-c2cncn21)C1CCN(C2CCCCC2)CC1. The van der Waals surface area contributed by atoms with Gasteiger partial charge in [0.2, 0.25) is 0 Å². The summed E-state index contributed by atoms with van der Waals surface area (Å²) in [7, 11) is 0. The highest BCUT2D eigenvalue weighted by Crippen LogP contribution is 2.42. The Morgan fingerprint density at radius 1 is 1.04 bits per heavy atom. The summed E-state index contributed by atoms with van der Waals surface area (Å²) in [4.78, 5) is 7.06. The first-order valence-corrected chi connectivity index (χ1v) is 10.8. The number of likely N-dealkylation sites (tertiary alicyclic amines) is 1. The highest BCUT2D eigenvalue weighted by molar-refractivity contribution is 5.68. The van der Waals surface area contributed by atoms with Gasteiger partial charge in [-0.3, -0.25) is 0 Å². The molecular weight excluding hydrogens is 334 g/mol. The average molecular weight is 366 g/mol. The maximum atomic E-state index is 11.1. The predicted octanol–water partition coefficient (Wildman–Crippen LogP) is 4.25. The van der Waals surface area contributed by atoms with E-state index in [-0.39, 0.29) is 12.1 Å². The Kier molecular flexibility index (Phi) is 4.78. The number of imidazole rings is 1. The van der Waals surface area contributed by atoms with E-state index in [9.17, 15) is 5.11 Å². The van der Waals surface area contributed by atoms with E-state index >= 15 is 0 Å². The molecule has 3 aliphatic rings. The van der Waals surface area contributed by atoms with Gasteiger partial charge in [-0.15, -0.1) is 0 Å². The molecule has 1 saturated carbocycles. The zero-order valence-electron chi connectivity index (χ0n) is 16.1. The third-order valence-electron chi connectivity index (χ3n) is 7.27. The van der Waals surface area contributed by atoms with E-state index in [0.29, 0.717) is 5.92 Å². The minimum absolute atomic E-state index is 0.227. The van der Waals surface area contributed by atoms with E-state index < -0.39 is 0 Å². The van der Waals surface area contributed by atoms with Crippen LogP contribution in [0.5, 0.6) is 0 Å².